The number of rotatable bonds is 6. The van der Waals surface area contributed by atoms with Crippen molar-refractivity contribution in [3.63, 3.8) is 0 Å². The van der Waals surface area contributed by atoms with E-state index in [1.807, 2.05) is 43.0 Å². The molecule has 0 aliphatic carbocycles. The van der Waals surface area contributed by atoms with E-state index >= 15 is 0 Å². The van der Waals surface area contributed by atoms with Gasteiger partial charge in [0.2, 0.25) is 5.91 Å². The van der Waals surface area contributed by atoms with E-state index in [1.54, 1.807) is 14.2 Å². The molecule has 3 unspecified atom stereocenters. The highest BCUT2D eigenvalue weighted by Crippen LogP contribution is 2.29. The summed E-state index contributed by atoms with van der Waals surface area (Å²) in [5, 5.41) is 3.41. The maximum absolute atomic E-state index is 12.5. The maximum Gasteiger partial charge on any atom is 0.241 e. The Morgan fingerprint density at radius 3 is 2.48 bits per heavy atom. The van der Waals surface area contributed by atoms with Gasteiger partial charge in [0, 0.05) is 7.11 Å². The SMILES string of the molecule is CCC1NC(c2ccc(OC)cc2)N(C(C)COC)C1=O. The van der Waals surface area contributed by atoms with E-state index in [-0.39, 0.29) is 24.2 Å². The third kappa shape index (κ3) is 3.19. The van der Waals surface area contributed by atoms with Gasteiger partial charge in [-0.15, -0.1) is 0 Å². The highest BCUT2D eigenvalue weighted by atomic mass is 16.5. The van der Waals surface area contributed by atoms with Crippen LogP contribution in [-0.2, 0) is 9.53 Å². The van der Waals surface area contributed by atoms with Crippen molar-refractivity contribution < 1.29 is 14.3 Å². The second-order valence-electron chi connectivity index (χ2n) is 5.35. The first-order valence-corrected chi connectivity index (χ1v) is 7.33. The van der Waals surface area contributed by atoms with Crippen LogP contribution in [0.4, 0.5) is 0 Å². The van der Waals surface area contributed by atoms with Crippen molar-refractivity contribution in [3.05, 3.63) is 29.8 Å². The van der Waals surface area contributed by atoms with E-state index in [2.05, 4.69) is 5.32 Å². The number of hydrogen-bond acceptors (Lipinski definition) is 4. The number of nitrogens with one attached hydrogen (secondary N) is 1. The van der Waals surface area contributed by atoms with E-state index in [9.17, 15) is 4.79 Å². The maximum atomic E-state index is 12.5. The van der Waals surface area contributed by atoms with Crippen LogP contribution in [0.2, 0.25) is 0 Å². The molecule has 0 saturated carbocycles. The zero-order chi connectivity index (χ0) is 15.4. The standard InChI is InChI=1S/C16H24N2O3/c1-5-14-16(19)18(11(2)10-20-3)15(17-14)12-6-8-13(21-4)9-7-12/h6-9,11,14-15,17H,5,10H2,1-4H3. The van der Waals surface area contributed by atoms with Crippen LogP contribution in [0.25, 0.3) is 0 Å². The Kier molecular flexibility index (Phi) is 5.20. The number of benzene rings is 1. The number of nitrogens with zero attached hydrogens (tertiary/aromatic N) is 1. The molecule has 0 bridgehead atoms. The number of amides is 1. The molecular formula is C16H24N2O3. The Hall–Kier alpha value is -1.59. The van der Waals surface area contributed by atoms with Crippen LogP contribution < -0.4 is 10.1 Å². The molecule has 0 aromatic heterocycles. The first-order chi connectivity index (χ1) is 10.1. The molecule has 1 saturated heterocycles. The zero-order valence-electron chi connectivity index (χ0n) is 13.1. The van der Waals surface area contributed by atoms with E-state index in [0.717, 1.165) is 17.7 Å². The number of ether oxygens (including phenoxy) is 2. The van der Waals surface area contributed by atoms with Crippen molar-refractivity contribution in [2.75, 3.05) is 20.8 Å². The normalized spacial score (nSPS) is 23.4. The lowest BCUT2D eigenvalue weighted by atomic mass is 10.1. The molecule has 1 aromatic carbocycles. The van der Waals surface area contributed by atoms with E-state index in [4.69, 9.17) is 9.47 Å². The van der Waals surface area contributed by atoms with Crippen LogP contribution >= 0.6 is 0 Å². The number of carbonyl (C=O) groups is 1. The largest absolute Gasteiger partial charge is 0.497 e. The smallest absolute Gasteiger partial charge is 0.241 e. The van der Waals surface area contributed by atoms with Gasteiger partial charge in [0.05, 0.1) is 25.8 Å². The van der Waals surface area contributed by atoms with Gasteiger partial charge < -0.3 is 14.4 Å². The summed E-state index contributed by atoms with van der Waals surface area (Å²) in [5.74, 6) is 0.953. The lowest BCUT2D eigenvalue weighted by Crippen LogP contribution is -2.40. The molecule has 1 N–H and O–H groups in total. The fourth-order valence-corrected chi connectivity index (χ4v) is 2.78. The molecule has 5 heteroatoms. The van der Waals surface area contributed by atoms with Crippen molar-refractivity contribution in [1.29, 1.82) is 0 Å². The molecule has 2 rings (SSSR count). The molecular weight excluding hydrogens is 268 g/mol. The van der Waals surface area contributed by atoms with Gasteiger partial charge in [0.25, 0.3) is 0 Å². The van der Waals surface area contributed by atoms with Gasteiger partial charge in [0.1, 0.15) is 11.9 Å². The summed E-state index contributed by atoms with van der Waals surface area (Å²) >= 11 is 0. The molecule has 1 aliphatic heterocycles. The Labute approximate surface area is 126 Å². The molecule has 116 valence electrons. The minimum Gasteiger partial charge on any atom is -0.497 e. The monoisotopic (exact) mass is 292 g/mol. The molecule has 1 aromatic rings. The number of hydrogen-bond donors (Lipinski definition) is 1. The minimum atomic E-state index is -0.128. The van der Waals surface area contributed by atoms with Gasteiger partial charge in [-0.05, 0) is 31.0 Å². The molecule has 0 spiro atoms. The topological polar surface area (TPSA) is 50.8 Å². The summed E-state index contributed by atoms with van der Waals surface area (Å²) in [6.45, 7) is 4.55. The number of carbonyl (C=O) groups excluding carboxylic acids is 1. The molecule has 1 amide bonds. The fourth-order valence-electron chi connectivity index (χ4n) is 2.78. The summed E-state index contributed by atoms with van der Waals surface area (Å²) in [4.78, 5) is 14.4. The van der Waals surface area contributed by atoms with Gasteiger partial charge in [-0.25, -0.2) is 0 Å². The van der Waals surface area contributed by atoms with Gasteiger partial charge in [0.15, 0.2) is 0 Å². The Morgan fingerprint density at radius 1 is 1.29 bits per heavy atom. The third-order valence-electron chi connectivity index (χ3n) is 3.91. The molecule has 1 aliphatic rings. The zero-order valence-corrected chi connectivity index (χ0v) is 13.1. The third-order valence-corrected chi connectivity index (χ3v) is 3.91. The highest BCUT2D eigenvalue weighted by Gasteiger charge is 2.40. The summed E-state index contributed by atoms with van der Waals surface area (Å²) in [5.41, 5.74) is 1.06. The second-order valence-corrected chi connectivity index (χ2v) is 5.35. The lowest BCUT2D eigenvalue weighted by molar-refractivity contribution is -0.133. The van der Waals surface area contributed by atoms with Crippen molar-refractivity contribution in [1.82, 2.24) is 10.2 Å². The van der Waals surface area contributed by atoms with Gasteiger partial charge in [-0.3, -0.25) is 10.1 Å². The van der Waals surface area contributed by atoms with Crippen LogP contribution in [0, 0.1) is 0 Å². The van der Waals surface area contributed by atoms with Crippen LogP contribution in [-0.4, -0.2) is 43.7 Å². The number of methoxy groups -OCH3 is 2. The quantitative estimate of drug-likeness (QED) is 0.870. The van der Waals surface area contributed by atoms with Gasteiger partial charge in [-0.1, -0.05) is 19.1 Å². The summed E-state index contributed by atoms with van der Waals surface area (Å²) < 4.78 is 10.4. The fraction of sp³-hybridized carbons (Fsp3) is 0.562. The Balaban J connectivity index is 2.26. The predicted molar refractivity (Wildman–Crippen MR) is 81.1 cm³/mol. The predicted octanol–water partition coefficient (Wildman–Crippen LogP) is 1.94. The minimum absolute atomic E-state index is 0.0265. The van der Waals surface area contributed by atoms with Crippen LogP contribution in [0.5, 0.6) is 5.75 Å². The van der Waals surface area contributed by atoms with Gasteiger partial charge >= 0.3 is 0 Å². The molecule has 21 heavy (non-hydrogen) atoms. The van der Waals surface area contributed by atoms with Crippen LogP contribution in [0.1, 0.15) is 32.0 Å². The first-order valence-electron chi connectivity index (χ1n) is 7.33. The average Bonchev–Trinajstić information content (AvgIpc) is 2.84. The van der Waals surface area contributed by atoms with Crippen molar-refractivity contribution in [2.45, 2.75) is 38.5 Å². The highest BCUT2D eigenvalue weighted by molar-refractivity contribution is 5.84. The van der Waals surface area contributed by atoms with Crippen LogP contribution in [0.3, 0.4) is 0 Å². The van der Waals surface area contributed by atoms with Crippen molar-refractivity contribution in [3.8, 4) is 5.75 Å². The summed E-state index contributed by atoms with van der Waals surface area (Å²) in [6.07, 6.45) is 0.667. The molecule has 1 heterocycles. The molecule has 5 nitrogen and oxygen atoms in total. The van der Waals surface area contributed by atoms with Crippen molar-refractivity contribution >= 4 is 5.91 Å². The molecule has 0 radical (unpaired) electrons. The van der Waals surface area contributed by atoms with Crippen molar-refractivity contribution in [2.24, 2.45) is 0 Å². The molecule has 1 fully saturated rings. The lowest BCUT2D eigenvalue weighted by Gasteiger charge is -2.30. The summed E-state index contributed by atoms with van der Waals surface area (Å²) in [7, 11) is 3.30. The van der Waals surface area contributed by atoms with Crippen LogP contribution in [0.15, 0.2) is 24.3 Å². The average molecular weight is 292 g/mol. The van der Waals surface area contributed by atoms with E-state index in [1.165, 1.54) is 0 Å². The second kappa shape index (κ2) is 6.91. The Bertz CT molecular complexity index is 475. The van der Waals surface area contributed by atoms with E-state index < -0.39 is 0 Å². The molecule has 3 atom stereocenters. The first kappa shape index (κ1) is 15.8. The van der Waals surface area contributed by atoms with E-state index in [0.29, 0.717) is 6.61 Å². The summed E-state index contributed by atoms with van der Waals surface area (Å²) in [6, 6.07) is 7.72. The Morgan fingerprint density at radius 2 is 1.95 bits per heavy atom. The van der Waals surface area contributed by atoms with Gasteiger partial charge in [-0.2, -0.15) is 0 Å².